The number of benzene rings is 2. The Balaban J connectivity index is 1.68. The Bertz CT molecular complexity index is 824. The maximum atomic E-state index is 12.7. The smallest absolute Gasteiger partial charge is 0.261 e. The van der Waals surface area contributed by atoms with Crippen LogP contribution in [0.4, 0.5) is 0 Å². The Kier molecular flexibility index (Phi) is 5.43. The Morgan fingerprint density at radius 3 is 2.69 bits per heavy atom. The minimum atomic E-state index is -0.0510. The van der Waals surface area contributed by atoms with Crippen LogP contribution in [-0.4, -0.2) is 31.1 Å². The fourth-order valence-electron chi connectivity index (χ4n) is 3.28. The number of hydrogen-bond donors (Lipinski definition) is 0. The highest BCUT2D eigenvalue weighted by molar-refractivity contribution is 5.78. The Labute approximate surface area is 153 Å². The van der Waals surface area contributed by atoms with Crippen LogP contribution in [0.25, 0.3) is 0 Å². The van der Waals surface area contributed by atoms with E-state index in [1.165, 1.54) is 12.7 Å². The zero-order valence-corrected chi connectivity index (χ0v) is 15.1. The van der Waals surface area contributed by atoms with Crippen molar-refractivity contribution in [3.05, 3.63) is 59.2 Å². The molecule has 2 aromatic carbocycles. The zero-order chi connectivity index (χ0) is 18.5. The van der Waals surface area contributed by atoms with Gasteiger partial charge in [0.1, 0.15) is 0 Å². The summed E-state index contributed by atoms with van der Waals surface area (Å²) in [6.45, 7) is 2.75. The summed E-state index contributed by atoms with van der Waals surface area (Å²) in [4.78, 5) is 14.6. The van der Waals surface area contributed by atoms with Crippen LogP contribution in [0.5, 0.6) is 11.5 Å². The van der Waals surface area contributed by atoms with E-state index in [4.69, 9.17) is 14.7 Å². The molecule has 1 atom stereocenters. The van der Waals surface area contributed by atoms with E-state index in [-0.39, 0.29) is 18.6 Å². The first-order valence-electron chi connectivity index (χ1n) is 8.69. The molecule has 1 heterocycles. The van der Waals surface area contributed by atoms with E-state index in [0.717, 1.165) is 24.9 Å². The summed E-state index contributed by atoms with van der Waals surface area (Å²) in [6.07, 6.45) is 1.96. The second-order valence-corrected chi connectivity index (χ2v) is 6.42. The van der Waals surface area contributed by atoms with Gasteiger partial charge in [0.15, 0.2) is 18.1 Å². The van der Waals surface area contributed by atoms with E-state index in [0.29, 0.717) is 17.1 Å². The van der Waals surface area contributed by atoms with Crippen molar-refractivity contribution in [1.82, 2.24) is 4.90 Å². The van der Waals surface area contributed by atoms with Gasteiger partial charge in [0.25, 0.3) is 5.91 Å². The number of nitrogens with zero attached hydrogens (tertiary/aromatic N) is 2. The molecule has 1 aliphatic heterocycles. The number of ether oxygens (including phenoxy) is 2. The summed E-state index contributed by atoms with van der Waals surface area (Å²) < 4.78 is 10.9. The Morgan fingerprint density at radius 2 is 2.00 bits per heavy atom. The van der Waals surface area contributed by atoms with Gasteiger partial charge in [-0.25, -0.2) is 0 Å². The number of hydrogen-bond acceptors (Lipinski definition) is 4. The molecule has 0 N–H and O–H groups in total. The summed E-state index contributed by atoms with van der Waals surface area (Å²) in [7, 11) is 1.51. The van der Waals surface area contributed by atoms with Crippen molar-refractivity contribution < 1.29 is 14.3 Å². The van der Waals surface area contributed by atoms with E-state index in [2.05, 4.69) is 37.3 Å². The van der Waals surface area contributed by atoms with E-state index < -0.39 is 0 Å². The predicted octanol–water partition coefficient (Wildman–Crippen LogP) is 3.62. The summed E-state index contributed by atoms with van der Waals surface area (Å²) in [5.74, 6) is 0.874. The second kappa shape index (κ2) is 7.92. The molecule has 134 valence electrons. The van der Waals surface area contributed by atoms with Crippen LogP contribution >= 0.6 is 0 Å². The van der Waals surface area contributed by atoms with Gasteiger partial charge in [-0.15, -0.1) is 0 Å². The summed E-state index contributed by atoms with van der Waals surface area (Å²) in [6, 6.07) is 15.4. The highest BCUT2D eigenvalue weighted by atomic mass is 16.5. The van der Waals surface area contributed by atoms with Crippen LogP contribution in [0.2, 0.25) is 0 Å². The van der Waals surface area contributed by atoms with Gasteiger partial charge in [-0.2, -0.15) is 5.26 Å². The standard InChI is InChI=1S/C21H22N2O3/c1-15-5-8-17(9-6-15)18-4-3-11-23(18)21(24)14-26-19-10-7-16(13-22)12-20(19)25-2/h5-10,12,18H,3-4,11,14H2,1-2H3. The molecule has 1 fully saturated rings. The molecule has 1 aliphatic rings. The van der Waals surface area contributed by atoms with Crippen molar-refractivity contribution in [2.75, 3.05) is 20.3 Å². The van der Waals surface area contributed by atoms with Gasteiger partial charge in [-0.1, -0.05) is 29.8 Å². The van der Waals surface area contributed by atoms with Crippen molar-refractivity contribution >= 4 is 5.91 Å². The number of methoxy groups -OCH3 is 1. The first-order valence-corrected chi connectivity index (χ1v) is 8.69. The topological polar surface area (TPSA) is 62.6 Å². The van der Waals surface area contributed by atoms with E-state index >= 15 is 0 Å². The van der Waals surface area contributed by atoms with Gasteiger partial charge in [0, 0.05) is 12.6 Å². The van der Waals surface area contributed by atoms with Crippen molar-refractivity contribution in [3.8, 4) is 17.6 Å². The highest BCUT2D eigenvalue weighted by Gasteiger charge is 2.30. The van der Waals surface area contributed by atoms with E-state index in [9.17, 15) is 4.79 Å². The van der Waals surface area contributed by atoms with Crippen molar-refractivity contribution in [3.63, 3.8) is 0 Å². The van der Waals surface area contributed by atoms with Crippen LogP contribution in [-0.2, 0) is 4.79 Å². The average molecular weight is 350 g/mol. The average Bonchev–Trinajstić information content (AvgIpc) is 3.16. The van der Waals surface area contributed by atoms with Crippen molar-refractivity contribution in [2.45, 2.75) is 25.8 Å². The lowest BCUT2D eigenvalue weighted by Gasteiger charge is -2.25. The molecule has 1 saturated heterocycles. The van der Waals surface area contributed by atoms with Gasteiger partial charge in [0.2, 0.25) is 0 Å². The van der Waals surface area contributed by atoms with E-state index in [1.54, 1.807) is 18.2 Å². The molecule has 0 spiro atoms. The van der Waals surface area contributed by atoms with Crippen LogP contribution in [0.15, 0.2) is 42.5 Å². The molecule has 0 aromatic heterocycles. The van der Waals surface area contributed by atoms with Gasteiger partial charge < -0.3 is 14.4 Å². The molecular formula is C21H22N2O3. The van der Waals surface area contributed by atoms with Gasteiger partial charge in [-0.05, 0) is 37.5 Å². The molecule has 1 unspecified atom stereocenters. The molecule has 26 heavy (non-hydrogen) atoms. The number of carbonyl (C=O) groups is 1. The molecule has 0 aliphatic carbocycles. The summed E-state index contributed by atoms with van der Waals surface area (Å²) in [5.41, 5.74) is 2.86. The van der Waals surface area contributed by atoms with Gasteiger partial charge in [-0.3, -0.25) is 4.79 Å². The lowest BCUT2D eigenvalue weighted by atomic mass is 10.0. The molecule has 2 aromatic rings. The normalized spacial score (nSPS) is 16.2. The number of likely N-dealkylation sites (tertiary alicyclic amines) is 1. The number of aryl methyl sites for hydroxylation is 1. The fraction of sp³-hybridized carbons (Fsp3) is 0.333. The molecule has 5 nitrogen and oxygen atoms in total. The maximum absolute atomic E-state index is 12.7. The minimum Gasteiger partial charge on any atom is -0.493 e. The van der Waals surface area contributed by atoms with Crippen LogP contribution in [0.3, 0.4) is 0 Å². The van der Waals surface area contributed by atoms with Crippen LogP contribution in [0.1, 0.15) is 35.6 Å². The van der Waals surface area contributed by atoms with Gasteiger partial charge >= 0.3 is 0 Å². The van der Waals surface area contributed by atoms with Gasteiger partial charge in [0.05, 0.1) is 24.8 Å². The highest BCUT2D eigenvalue weighted by Crippen LogP contribution is 2.33. The third kappa shape index (κ3) is 3.80. The summed E-state index contributed by atoms with van der Waals surface area (Å²) in [5, 5.41) is 8.96. The molecule has 5 heteroatoms. The fourth-order valence-corrected chi connectivity index (χ4v) is 3.28. The molecular weight excluding hydrogens is 328 g/mol. The lowest BCUT2D eigenvalue weighted by Crippen LogP contribution is -2.34. The molecule has 0 bridgehead atoms. The van der Waals surface area contributed by atoms with Crippen LogP contribution < -0.4 is 9.47 Å². The number of rotatable bonds is 5. The second-order valence-electron chi connectivity index (χ2n) is 6.42. The Morgan fingerprint density at radius 1 is 1.23 bits per heavy atom. The number of nitriles is 1. The first kappa shape index (κ1) is 17.8. The molecule has 1 amide bonds. The number of carbonyl (C=O) groups excluding carboxylic acids is 1. The predicted molar refractivity (Wildman–Crippen MR) is 98.1 cm³/mol. The molecule has 3 rings (SSSR count). The summed E-state index contributed by atoms with van der Waals surface area (Å²) >= 11 is 0. The van der Waals surface area contributed by atoms with E-state index in [1.807, 2.05) is 4.90 Å². The maximum Gasteiger partial charge on any atom is 0.261 e. The molecule has 0 saturated carbocycles. The largest absolute Gasteiger partial charge is 0.493 e. The van der Waals surface area contributed by atoms with Crippen molar-refractivity contribution in [2.24, 2.45) is 0 Å². The third-order valence-corrected chi connectivity index (χ3v) is 4.68. The Hall–Kier alpha value is -3.00. The first-order chi connectivity index (χ1) is 12.6. The lowest BCUT2D eigenvalue weighted by molar-refractivity contribution is -0.134. The zero-order valence-electron chi connectivity index (χ0n) is 15.1. The minimum absolute atomic E-state index is 0.0421. The monoisotopic (exact) mass is 350 g/mol. The molecule has 0 radical (unpaired) electrons. The van der Waals surface area contributed by atoms with Crippen LogP contribution in [0, 0.1) is 18.3 Å². The quantitative estimate of drug-likeness (QED) is 0.826. The number of amides is 1. The SMILES string of the molecule is COc1cc(C#N)ccc1OCC(=O)N1CCCC1c1ccc(C)cc1. The van der Waals surface area contributed by atoms with Crippen molar-refractivity contribution in [1.29, 1.82) is 5.26 Å². The third-order valence-electron chi connectivity index (χ3n) is 4.68.